The van der Waals surface area contributed by atoms with E-state index in [2.05, 4.69) is 41.8 Å². The first kappa shape index (κ1) is 16.0. The van der Waals surface area contributed by atoms with E-state index in [4.69, 9.17) is 0 Å². The smallest absolute Gasteiger partial charge is 0.237 e. The van der Waals surface area contributed by atoms with E-state index in [1.165, 1.54) is 11.1 Å². The van der Waals surface area contributed by atoms with Gasteiger partial charge < -0.3 is 10.6 Å². The van der Waals surface area contributed by atoms with Gasteiger partial charge in [0.05, 0.1) is 6.04 Å². The zero-order chi connectivity index (χ0) is 15.6. The van der Waals surface area contributed by atoms with Gasteiger partial charge in [0.15, 0.2) is 0 Å². The van der Waals surface area contributed by atoms with E-state index in [0.29, 0.717) is 12.0 Å². The van der Waals surface area contributed by atoms with Gasteiger partial charge in [-0.2, -0.15) is 0 Å². The zero-order valence-electron chi connectivity index (χ0n) is 13.9. The number of benzene rings is 1. The molecule has 1 aliphatic rings. The number of carbonyl (C=O) groups excluding carboxylic acids is 1. The maximum absolute atomic E-state index is 12.0. The van der Waals surface area contributed by atoms with Gasteiger partial charge in [0, 0.05) is 11.6 Å². The van der Waals surface area contributed by atoms with E-state index in [1.807, 2.05) is 27.7 Å². The second-order valence-corrected chi connectivity index (χ2v) is 7.40. The number of aryl methyl sites for hydroxylation is 1. The van der Waals surface area contributed by atoms with Crippen LogP contribution in [-0.2, 0) is 4.79 Å². The molecule has 0 spiro atoms. The summed E-state index contributed by atoms with van der Waals surface area (Å²) in [7, 11) is 0. The summed E-state index contributed by atoms with van der Waals surface area (Å²) in [4.78, 5) is 12.0. The fraction of sp³-hybridized carbons (Fsp3) is 0.611. The number of hydrogen-bond donors (Lipinski definition) is 2. The Morgan fingerprint density at radius 3 is 2.29 bits per heavy atom. The number of carbonyl (C=O) groups is 1. The van der Waals surface area contributed by atoms with Crippen molar-refractivity contribution < 1.29 is 4.79 Å². The molecule has 1 aromatic carbocycles. The molecule has 2 rings (SSSR count). The lowest BCUT2D eigenvalue weighted by Crippen LogP contribution is -2.54. The van der Waals surface area contributed by atoms with Crippen LogP contribution in [0.5, 0.6) is 0 Å². The average Bonchev–Trinajstić information content (AvgIpc) is 2.32. The molecule has 0 bridgehead atoms. The number of nitrogens with one attached hydrogen (secondary N) is 2. The Kier molecular flexibility index (Phi) is 4.72. The van der Waals surface area contributed by atoms with Gasteiger partial charge in [-0.3, -0.25) is 4.79 Å². The maximum atomic E-state index is 12.0. The van der Waals surface area contributed by atoms with Crippen LogP contribution in [0.4, 0.5) is 0 Å². The van der Waals surface area contributed by atoms with Gasteiger partial charge in [-0.05, 0) is 58.9 Å². The monoisotopic (exact) mass is 288 g/mol. The van der Waals surface area contributed by atoms with Crippen molar-refractivity contribution in [3.8, 4) is 0 Å². The highest BCUT2D eigenvalue weighted by atomic mass is 16.2. The van der Waals surface area contributed by atoms with E-state index in [9.17, 15) is 4.79 Å². The molecule has 0 heterocycles. The van der Waals surface area contributed by atoms with Crippen molar-refractivity contribution in [2.24, 2.45) is 0 Å². The molecule has 3 heteroatoms. The Bertz CT molecular complexity index is 481. The third kappa shape index (κ3) is 4.57. The van der Waals surface area contributed by atoms with E-state index < -0.39 is 0 Å². The molecule has 1 aromatic rings. The summed E-state index contributed by atoms with van der Waals surface area (Å²) < 4.78 is 0. The van der Waals surface area contributed by atoms with Crippen LogP contribution in [0.3, 0.4) is 0 Å². The second kappa shape index (κ2) is 6.18. The molecule has 0 aromatic heterocycles. The Hall–Kier alpha value is -1.35. The first-order chi connectivity index (χ1) is 9.74. The summed E-state index contributed by atoms with van der Waals surface area (Å²) in [5.41, 5.74) is 2.56. The minimum atomic E-state index is -0.170. The SMILES string of the molecule is Cc1ccc(C2CC(NC(C)C(=O)NC(C)(C)C)C2)cc1. The molecular weight excluding hydrogens is 260 g/mol. The van der Waals surface area contributed by atoms with Gasteiger partial charge in [0.1, 0.15) is 0 Å². The molecule has 3 nitrogen and oxygen atoms in total. The molecule has 0 radical (unpaired) electrons. The molecule has 1 saturated carbocycles. The van der Waals surface area contributed by atoms with Crippen LogP contribution in [0.1, 0.15) is 57.6 Å². The molecule has 116 valence electrons. The number of hydrogen-bond acceptors (Lipinski definition) is 2. The third-order valence-electron chi connectivity index (χ3n) is 4.06. The quantitative estimate of drug-likeness (QED) is 0.893. The standard InChI is InChI=1S/C18H28N2O/c1-12-6-8-14(9-7-12)15-10-16(11-15)19-13(2)17(21)20-18(3,4)5/h6-9,13,15-16,19H,10-11H2,1-5H3,(H,20,21). The molecule has 1 fully saturated rings. The van der Waals surface area contributed by atoms with Gasteiger partial charge in [-0.1, -0.05) is 29.8 Å². The summed E-state index contributed by atoms with van der Waals surface area (Å²) in [5.74, 6) is 0.724. The van der Waals surface area contributed by atoms with Crippen molar-refractivity contribution in [2.75, 3.05) is 0 Å². The highest BCUT2D eigenvalue weighted by molar-refractivity contribution is 5.81. The van der Waals surface area contributed by atoms with Gasteiger partial charge in [0.2, 0.25) is 5.91 Å². The number of amides is 1. The highest BCUT2D eigenvalue weighted by Gasteiger charge is 2.32. The van der Waals surface area contributed by atoms with Gasteiger partial charge in [-0.25, -0.2) is 0 Å². The Balaban J connectivity index is 1.77. The van der Waals surface area contributed by atoms with Crippen LogP contribution < -0.4 is 10.6 Å². The van der Waals surface area contributed by atoms with Crippen molar-refractivity contribution in [3.05, 3.63) is 35.4 Å². The minimum absolute atomic E-state index is 0.0845. The molecule has 1 aliphatic carbocycles. The summed E-state index contributed by atoms with van der Waals surface area (Å²) in [6.45, 7) is 10.1. The van der Waals surface area contributed by atoms with Gasteiger partial charge in [-0.15, -0.1) is 0 Å². The van der Waals surface area contributed by atoms with Crippen LogP contribution in [0.25, 0.3) is 0 Å². The van der Waals surface area contributed by atoms with E-state index >= 15 is 0 Å². The fourth-order valence-corrected chi connectivity index (χ4v) is 2.77. The largest absolute Gasteiger partial charge is 0.350 e. The van der Waals surface area contributed by atoms with Crippen LogP contribution in [0.15, 0.2) is 24.3 Å². The Morgan fingerprint density at radius 2 is 1.76 bits per heavy atom. The van der Waals surface area contributed by atoms with Crippen molar-refractivity contribution in [1.82, 2.24) is 10.6 Å². The summed E-state index contributed by atoms with van der Waals surface area (Å²) in [6, 6.07) is 9.13. The fourth-order valence-electron chi connectivity index (χ4n) is 2.77. The van der Waals surface area contributed by atoms with E-state index in [1.54, 1.807) is 0 Å². The van der Waals surface area contributed by atoms with Crippen molar-refractivity contribution in [1.29, 1.82) is 0 Å². The van der Waals surface area contributed by atoms with E-state index in [-0.39, 0.29) is 17.5 Å². The Morgan fingerprint density at radius 1 is 1.19 bits per heavy atom. The molecule has 0 aliphatic heterocycles. The van der Waals surface area contributed by atoms with Crippen LogP contribution in [0.2, 0.25) is 0 Å². The zero-order valence-corrected chi connectivity index (χ0v) is 13.9. The summed E-state index contributed by atoms with van der Waals surface area (Å²) >= 11 is 0. The molecule has 1 amide bonds. The first-order valence-corrected chi connectivity index (χ1v) is 7.89. The molecular formula is C18H28N2O. The molecule has 1 unspecified atom stereocenters. The van der Waals surface area contributed by atoms with Crippen molar-refractivity contribution >= 4 is 5.91 Å². The predicted octanol–water partition coefficient (Wildman–Crippen LogP) is 3.13. The summed E-state index contributed by atoms with van der Waals surface area (Å²) in [5, 5.41) is 6.46. The molecule has 0 saturated heterocycles. The van der Waals surface area contributed by atoms with E-state index in [0.717, 1.165) is 12.8 Å². The Labute approximate surface area is 128 Å². The van der Waals surface area contributed by atoms with Crippen LogP contribution >= 0.6 is 0 Å². The molecule has 1 atom stereocenters. The van der Waals surface area contributed by atoms with Crippen molar-refractivity contribution in [3.63, 3.8) is 0 Å². The van der Waals surface area contributed by atoms with Gasteiger partial charge >= 0.3 is 0 Å². The topological polar surface area (TPSA) is 41.1 Å². The highest BCUT2D eigenvalue weighted by Crippen LogP contribution is 2.37. The second-order valence-electron chi connectivity index (χ2n) is 7.40. The maximum Gasteiger partial charge on any atom is 0.237 e. The van der Waals surface area contributed by atoms with Crippen LogP contribution in [0, 0.1) is 6.92 Å². The number of rotatable bonds is 4. The lowest BCUT2D eigenvalue weighted by Gasteiger charge is -2.38. The third-order valence-corrected chi connectivity index (χ3v) is 4.06. The van der Waals surface area contributed by atoms with Crippen molar-refractivity contribution in [2.45, 2.75) is 71.0 Å². The normalized spacial score (nSPS) is 23.3. The summed E-state index contributed by atoms with van der Waals surface area (Å²) in [6.07, 6.45) is 2.24. The van der Waals surface area contributed by atoms with Gasteiger partial charge in [0.25, 0.3) is 0 Å². The van der Waals surface area contributed by atoms with Crippen LogP contribution in [-0.4, -0.2) is 23.5 Å². The average molecular weight is 288 g/mol. The molecule has 21 heavy (non-hydrogen) atoms. The first-order valence-electron chi connectivity index (χ1n) is 7.89. The lowest BCUT2D eigenvalue weighted by molar-refractivity contribution is -0.124. The molecule has 2 N–H and O–H groups in total. The minimum Gasteiger partial charge on any atom is -0.350 e. The predicted molar refractivity (Wildman–Crippen MR) is 87.4 cm³/mol. The lowest BCUT2D eigenvalue weighted by atomic mass is 9.75.